The zero-order chi connectivity index (χ0) is 10.4. The maximum absolute atomic E-state index is 11.4. The fourth-order valence-corrected chi connectivity index (χ4v) is 1.87. The van der Waals surface area contributed by atoms with Crippen LogP contribution < -0.4 is 5.73 Å². The van der Waals surface area contributed by atoms with Gasteiger partial charge < -0.3 is 5.73 Å². The first-order chi connectivity index (χ1) is 6.67. The molecule has 0 atom stereocenters. The predicted molar refractivity (Wildman–Crippen MR) is 60.4 cm³/mol. The molecule has 0 aliphatic heterocycles. The molecule has 0 saturated carbocycles. The first-order valence-electron chi connectivity index (χ1n) is 4.31. The Morgan fingerprint density at radius 1 is 1.20 bits per heavy atom. The van der Waals surface area contributed by atoms with Gasteiger partial charge in [-0.05, 0) is 25.1 Å². The van der Waals surface area contributed by atoms with Crippen molar-refractivity contribution in [3.05, 3.63) is 30.3 Å². The Labute approximate surface area is 112 Å². The molecule has 15 heavy (non-hydrogen) atoms. The second kappa shape index (κ2) is 7.38. The monoisotopic (exact) mass is 239 g/mol. The minimum atomic E-state index is -3.59. The molecule has 0 radical (unpaired) electrons. The molecule has 0 aliphatic rings. The average molecular weight is 239 g/mol. The van der Waals surface area contributed by atoms with E-state index in [0.717, 1.165) is 0 Å². The van der Waals surface area contributed by atoms with Crippen molar-refractivity contribution in [2.45, 2.75) is 11.3 Å². The molecular weight excluding hydrogens is 225 g/mol. The second-order valence-corrected chi connectivity index (χ2v) is 4.35. The van der Waals surface area contributed by atoms with E-state index in [1.54, 1.807) is 18.2 Å². The van der Waals surface area contributed by atoms with Gasteiger partial charge in [0.15, 0.2) is 0 Å². The summed E-state index contributed by atoms with van der Waals surface area (Å²) in [5.41, 5.74) is 5.22. The van der Waals surface area contributed by atoms with E-state index in [1.807, 2.05) is 0 Å². The molecule has 0 unspecified atom stereocenters. The Morgan fingerprint density at radius 2 is 1.80 bits per heavy atom. The van der Waals surface area contributed by atoms with Crippen molar-refractivity contribution >= 4 is 39.7 Å². The zero-order valence-electron chi connectivity index (χ0n) is 7.72. The molecule has 4 nitrogen and oxygen atoms in total. The molecule has 1 aromatic rings. The van der Waals surface area contributed by atoms with Gasteiger partial charge in [-0.1, -0.05) is 18.2 Å². The molecule has 0 heterocycles. The summed E-state index contributed by atoms with van der Waals surface area (Å²) >= 11 is 0. The molecular formula is C9H14NNaO3S. The molecule has 0 bridgehead atoms. The molecule has 0 aromatic heterocycles. The van der Waals surface area contributed by atoms with E-state index < -0.39 is 10.1 Å². The fourth-order valence-electron chi connectivity index (χ4n) is 0.907. The van der Waals surface area contributed by atoms with E-state index in [9.17, 15) is 8.42 Å². The van der Waals surface area contributed by atoms with Crippen LogP contribution in [0.2, 0.25) is 0 Å². The van der Waals surface area contributed by atoms with Crippen molar-refractivity contribution in [1.82, 2.24) is 0 Å². The van der Waals surface area contributed by atoms with E-state index in [2.05, 4.69) is 0 Å². The van der Waals surface area contributed by atoms with E-state index in [-0.39, 0.29) is 41.1 Å². The zero-order valence-corrected chi connectivity index (χ0v) is 8.53. The SMILES string of the molecule is NCCCOS(=O)(=O)c1ccccc1.[NaH]. The fraction of sp³-hybridized carbons (Fsp3) is 0.333. The normalized spacial score (nSPS) is 10.7. The Morgan fingerprint density at radius 3 is 2.33 bits per heavy atom. The van der Waals surface area contributed by atoms with Crippen LogP contribution in [-0.4, -0.2) is 51.1 Å². The topological polar surface area (TPSA) is 69.4 Å². The van der Waals surface area contributed by atoms with E-state index in [4.69, 9.17) is 9.92 Å². The molecule has 80 valence electrons. The standard InChI is InChI=1S/C9H13NO3S.Na.H/c10-7-4-8-13-14(11,12)9-5-2-1-3-6-9;;/h1-3,5-6H,4,7-8,10H2;;. The van der Waals surface area contributed by atoms with Gasteiger partial charge in [0, 0.05) is 0 Å². The number of hydrogen-bond donors (Lipinski definition) is 1. The number of rotatable bonds is 5. The van der Waals surface area contributed by atoms with E-state index in [0.29, 0.717) is 13.0 Å². The van der Waals surface area contributed by atoms with Crippen LogP contribution in [0.5, 0.6) is 0 Å². The van der Waals surface area contributed by atoms with Gasteiger partial charge in [-0.2, -0.15) is 8.42 Å². The van der Waals surface area contributed by atoms with Crippen LogP contribution in [0.25, 0.3) is 0 Å². The summed E-state index contributed by atoms with van der Waals surface area (Å²) in [6.07, 6.45) is 0.534. The number of nitrogens with two attached hydrogens (primary N) is 1. The van der Waals surface area contributed by atoms with Crippen LogP contribution in [0.3, 0.4) is 0 Å². The summed E-state index contributed by atoms with van der Waals surface area (Å²) in [5.74, 6) is 0. The van der Waals surface area contributed by atoms with Crippen molar-refractivity contribution in [3.63, 3.8) is 0 Å². The van der Waals surface area contributed by atoms with Gasteiger partial charge in [-0.25, -0.2) is 0 Å². The predicted octanol–water partition coefficient (Wildman–Crippen LogP) is 0.0922. The summed E-state index contributed by atoms with van der Waals surface area (Å²) in [5, 5.41) is 0. The Balaban J connectivity index is 0.00000196. The van der Waals surface area contributed by atoms with Crippen molar-refractivity contribution in [2.75, 3.05) is 13.2 Å². The Kier molecular flexibility index (Phi) is 7.42. The average Bonchev–Trinajstić information content (AvgIpc) is 2.19. The van der Waals surface area contributed by atoms with Gasteiger partial charge in [0.1, 0.15) is 0 Å². The summed E-state index contributed by atoms with van der Waals surface area (Å²) in [6, 6.07) is 8.05. The number of benzene rings is 1. The molecule has 0 aliphatic carbocycles. The van der Waals surface area contributed by atoms with Crippen molar-refractivity contribution in [3.8, 4) is 0 Å². The van der Waals surface area contributed by atoms with Crippen LogP contribution in [0.15, 0.2) is 35.2 Å². The Bertz CT molecular complexity index is 366. The second-order valence-electron chi connectivity index (χ2n) is 2.73. The number of hydrogen-bond acceptors (Lipinski definition) is 4. The van der Waals surface area contributed by atoms with Gasteiger partial charge in [-0.15, -0.1) is 0 Å². The molecule has 0 amide bonds. The van der Waals surface area contributed by atoms with Crippen molar-refractivity contribution < 1.29 is 12.6 Å². The van der Waals surface area contributed by atoms with Gasteiger partial charge in [0.25, 0.3) is 10.1 Å². The van der Waals surface area contributed by atoms with Gasteiger partial charge in [-0.3, -0.25) is 4.18 Å². The summed E-state index contributed by atoms with van der Waals surface area (Å²) in [4.78, 5) is 0.178. The first-order valence-corrected chi connectivity index (χ1v) is 5.72. The van der Waals surface area contributed by atoms with Gasteiger partial charge in [0.05, 0.1) is 11.5 Å². The molecule has 6 heteroatoms. The van der Waals surface area contributed by atoms with E-state index in [1.165, 1.54) is 12.1 Å². The third-order valence-corrected chi connectivity index (χ3v) is 2.95. The molecule has 1 rings (SSSR count). The molecule has 0 spiro atoms. The molecule has 0 saturated heterocycles. The Hall–Kier alpha value is 0.0900. The third-order valence-electron chi connectivity index (χ3n) is 1.62. The van der Waals surface area contributed by atoms with Crippen LogP contribution in [0.4, 0.5) is 0 Å². The van der Waals surface area contributed by atoms with Crippen molar-refractivity contribution in [2.24, 2.45) is 5.73 Å². The summed E-state index contributed by atoms with van der Waals surface area (Å²) in [6.45, 7) is 0.554. The maximum atomic E-state index is 11.4. The summed E-state index contributed by atoms with van der Waals surface area (Å²) in [7, 11) is -3.59. The summed E-state index contributed by atoms with van der Waals surface area (Å²) < 4.78 is 27.6. The minimum absolute atomic E-state index is 0. The third kappa shape index (κ3) is 5.10. The van der Waals surface area contributed by atoms with Crippen LogP contribution in [-0.2, 0) is 14.3 Å². The van der Waals surface area contributed by atoms with Crippen LogP contribution >= 0.6 is 0 Å². The van der Waals surface area contributed by atoms with Gasteiger partial charge in [0.2, 0.25) is 0 Å². The molecule has 0 fully saturated rings. The molecule has 1 aromatic carbocycles. The van der Waals surface area contributed by atoms with Crippen molar-refractivity contribution in [1.29, 1.82) is 0 Å². The first kappa shape index (κ1) is 15.1. The quantitative estimate of drug-likeness (QED) is 0.449. The van der Waals surface area contributed by atoms with Crippen LogP contribution in [0, 0.1) is 0 Å². The van der Waals surface area contributed by atoms with Crippen LogP contribution in [0.1, 0.15) is 6.42 Å². The van der Waals surface area contributed by atoms with Gasteiger partial charge >= 0.3 is 29.6 Å². The van der Waals surface area contributed by atoms with E-state index >= 15 is 0 Å². The molecule has 2 N–H and O–H groups in total.